The fourth-order valence-electron chi connectivity index (χ4n) is 5.27. The molecule has 4 nitrogen and oxygen atoms in total. The van der Waals surface area contributed by atoms with E-state index in [1.807, 2.05) is 0 Å². The van der Waals surface area contributed by atoms with Crippen LogP contribution in [0.1, 0.15) is 168 Å². The number of carbonyl (C=O) groups excluding carboxylic acids is 1. The van der Waals surface area contributed by atoms with Crippen molar-refractivity contribution in [3.8, 4) is 0 Å². The van der Waals surface area contributed by atoms with Crippen LogP contribution in [-0.2, 0) is 14.3 Å². The molecule has 0 radical (unpaired) electrons. The Kier molecular flexibility index (Phi) is 39.7. The van der Waals surface area contributed by atoms with Crippen molar-refractivity contribution in [1.82, 2.24) is 0 Å². The van der Waals surface area contributed by atoms with Gasteiger partial charge in [-0.3, -0.25) is 4.79 Å². The van der Waals surface area contributed by atoms with Gasteiger partial charge in [-0.05, 0) is 83.5 Å². The minimum atomic E-state index is -0.550. The molecule has 0 bridgehead atoms. The van der Waals surface area contributed by atoms with E-state index in [-0.39, 0.29) is 19.2 Å². The highest BCUT2D eigenvalue weighted by atomic mass is 16.6. The molecule has 0 amide bonds. The van der Waals surface area contributed by atoms with Crippen LogP contribution in [0.15, 0.2) is 85.1 Å². The lowest BCUT2D eigenvalue weighted by Gasteiger charge is -2.15. The topological polar surface area (TPSA) is 55.8 Å². The van der Waals surface area contributed by atoms with E-state index in [1.54, 1.807) is 0 Å². The van der Waals surface area contributed by atoms with Crippen molar-refractivity contribution < 1.29 is 19.4 Å². The summed E-state index contributed by atoms with van der Waals surface area (Å²) in [6.45, 7) is 5.08. The predicted molar refractivity (Wildman–Crippen MR) is 214 cm³/mol. The monoisotopic (exact) mass is 681 g/mol. The Labute approximate surface area is 303 Å². The van der Waals surface area contributed by atoms with E-state index in [9.17, 15) is 9.90 Å². The van der Waals surface area contributed by atoms with Crippen LogP contribution in [-0.4, -0.2) is 37.0 Å². The van der Waals surface area contributed by atoms with Crippen molar-refractivity contribution in [3.63, 3.8) is 0 Å². The molecule has 0 aliphatic rings. The van der Waals surface area contributed by atoms with E-state index >= 15 is 0 Å². The number of ether oxygens (including phenoxy) is 2. The molecule has 0 rings (SSSR count). The molecule has 1 atom stereocenters. The largest absolute Gasteiger partial charge is 0.457 e. The number of aliphatic hydroxyl groups is 1. The molecule has 0 aromatic carbocycles. The van der Waals surface area contributed by atoms with Crippen LogP contribution in [0.3, 0.4) is 0 Å². The van der Waals surface area contributed by atoms with Crippen molar-refractivity contribution >= 4 is 5.97 Å². The first-order chi connectivity index (χ1) is 24.2. The van der Waals surface area contributed by atoms with Gasteiger partial charge in [0, 0.05) is 13.0 Å². The van der Waals surface area contributed by atoms with Gasteiger partial charge in [0.05, 0.1) is 13.2 Å². The summed E-state index contributed by atoms with van der Waals surface area (Å²) in [6.07, 6.45) is 57.7. The lowest BCUT2D eigenvalue weighted by molar-refractivity contribution is -0.154. The van der Waals surface area contributed by atoms with Crippen LogP contribution in [0.2, 0.25) is 0 Å². The van der Waals surface area contributed by atoms with E-state index in [4.69, 9.17) is 9.47 Å². The molecule has 0 aromatic rings. The Morgan fingerprint density at radius 3 is 1.29 bits per heavy atom. The first kappa shape index (κ1) is 46.6. The van der Waals surface area contributed by atoms with Crippen molar-refractivity contribution in [3.05, 3.63) is 85.1 Å². The van der Waals surface area contributed by atoms with Gasteiger partial charge in [0.1, 0.15) is 6.10 Å². The predicted octanol–water partition coefficient (Wildman–Crippen LogP) is 13.2. The van der Waals surface area contributed by atoms with Gasteiger partial charge >= 0.3 is 5.97 Å². The molecule has 0 aromatic heterocycles. The third-order valence-corrected chi connectivity index (χ3v) is 8.22. The Morgan fingerprint density at radius 2 is 0.857 bits per heavy atom. The van der Waals surface area contributed by atoms with Crippen LogP contribution < -0.4 is 0 Å². The van der Waals surface area contributed by atoms with Crippen molar-refractivity contribution in [2.75, 3.05) is 19.8 Å². The van der Waals surface area contributed by atoms with Crippen molar-refractivity contribution in [1.29, 1.82) is 0 Å². The van der Waals surface area contributed by atoms with Gasteiger partial charge in [-0.1, -0.05) is 163 Å². The molecule has 0 aliphatic heterocycles. The highest BCUT2D eigenvalue weighted by Crippen LogP contribution is 2.12. The first-order valence-corrected chi connectivity index (χ1v) is 20.2. The number of allylic oxidation sites excluding steroid dienone is 14. The maximum absolute atomic E-state index is 12.2. The van der Waals surface area contributed by atoms with Crippen LogP contribution in [0, 0.1) is 0 Å². The summed E-state index contributed by atoms with van der Waals surface area (Å²) in [5.41, 5.74) is 0. The molecule has 1 unspecified atom stereocenters. The highest BCUT2D eigenvalue weighted by Gasteiger charge is 2.13. The Hall–Kier alpha value is -2.43. The maximum Gasteiger partial charge on any atom is 0.306 e. The summed E-state index contributed by atoms with van der Waals surface area (Å²) in [5, 5.41) is 9.59. The van der Waals surface area contributed by atoms with Crippen LogP contribution in [0.25, 0.3) is 0 Å². The number of unbranched alkanes of at least 4 members (excludes halogenated alkanes) is 14. The SMILES string of the molecule is CC/C=C\C/C=C\C/C=C\C/C=C\CCCCCCCCCOCC(CO)OC(=O)CCCCCCCCC/C=C\C/C=C\C/C=C\CC. The number of carbonyl (C=O) groups is 1. The third-order valence-electron chi connectivity index (χ3n) is 8.22. The van der Waals surface area contributed by atoms with Crippen molar-refractivity contribution in [2.24, 2.45) is 0 Å². The molecule has 0 saturated heterocycles. The Balaban J connectivity index is 3.51. The van der Waals surface area contributed by atoms with Gasteiger partial charge in [0.15, 0.2) is 0 Å². The van der Waals surface area contributed by atoms with Crippen LogP contribution in [0.4, 0.5) is 0 Å². The van der Waals surface area contributed by atoms with E-state index in [1.165, 1.54) is 77.0 Å². The third kappa shape index (κ3) is 39.9. The lowest BCUT2D eigenvalue weighted by Crippen LogP contribution is -2.27. The number of rotatable bonds is 36. The second kappa shape index (κ2) is 41.7. The van der Waals surface area contributed by atoms with Gasteiger partial charge in [0.25, 0.3) is 0 Å². The van der Waals surface area contributed by atoms with Gasteiger partial charge in [-0.15, -0.1) is 0 Å². The molecule has 0 aliphatic carbocycles. The molecule has 1 N–H and O–H groups in total. The number of hydrogen-bond acceptors (Lipinski definition) is 4. The quantitative estimate of drug-likeness (QED) is 0.0406. The molecular formula is C45H76O4. The molecule has 280 valence electrons. The molecule has 49 heavy (non-hydrogen) atoms. The fourth-order valence-corrected chi connectivity index (χ4v) is 5.27. The number of aliphatic hydroxyl groups excluding tert-OH is 1. The molecular weight excluding hydrogens is 604 g/mol. The summed E-state index contributed by atoms with van der Waals surface area (Å²) >= 11 is 0. The first-order valence-electron chi connectivity index (χ1n) is 20.2. The molecule has 0 spiro atoms. The van der Waals surface area contributed by atoms with E-state index in [2.05, 4.69) is 98.9 Å². The minimum Gasteiger partial charge on any atom is -0.457 e. The summed E-state index contributed by atoms with van der Waals surface area (Å²) in [6, 6.07) is 0. The average molecular weight is 681 g/mol. The zero-order chi connectivity index (χ0) is 35.6. The standard InChI is InChI=1S/C45H76O4/c1-3-5-7-9-11-13-15-17-19-21-22-23-25-27-29-31-33-35-37-39-41-48-43-44(42-46)49-45(47)40-38-36-34-32-30-28-26-24-20-18-16-14-12-10-8-6-4-2/h5-8,11-14,17-20,22-23,44,46H,3-4,9-10,15-16,21,24-43H2,1-2H3/b7-5-,8-6-,13-11-,14-12-,19-17-,20-18-,23-22-. The van der Waals surface area contributed by atoms with Crippen LogP contribution in [0.5, 0.6) is 0 Å². The fraction of sp³-hybridized carbons (Fsp3) is 0.667. The summed E-state index contributed by atoms with van der Waals surface area (Å²) < 4.78 is 11.1. The van der Waals surface area contributed by atoms with Gasteiger partial charge < -0.3 is 14.6 Å². The summed E-state index contributed by atoms with van der Waals surface area (Å²) in [4.78, 5) is 12.2. The van der Waals surface area contributed by atoms with Gasteiger partial charge in [0.2, 0.25) is 0 Å². The van der Waals surface area contributed by atoms with Crippen molar-refractivity contribution in [2.45, 2.75) is 174 Å². The maximum atomic E-state index is 12.2. The highest BCUT2D eigenvalue weighted by molar-refractivity contribution is 5.69. The Bertz CT molecular complexity index is 892. The summed E-state index contributed by atoms with van der Waals surface area (Å²) in [5.74, 6) is -0.219. The average Bonchev–Trinajstić information content (AvgIpc) is 3.11. The smallest absolute Gasteiger partial charge is 0.306 e. The van der Waals surface area contributed by atoms with E-state index < -0.39 is 6.10 Å². The molecule has 4 heteroatoms. The minimum absolute atomic E-state index is 0.185. The van der Waals surface area contributed by atoms with E-state index in [0.717, 1.165) is 70.6 Å². The zero-order valence-electron chi connectivity index (χ0n) is 31.9. The second-order valence-corrected chi connectivity index (χ2v) is 12.9. The number of esters is 1. The molecule has 0 saturated carbocycles. The summed E-state index contributed by atoms with van der Waals surface area (Å²) in [7, 11) is 0. The molecule has 0 heterocycles. The molecule has 0 fully saturated rings. The van der Waals surface area contributed by atoms with E-state index in [0.29, 0.717) is 13.0 Å². The van der Waals surface area contributed by atoms with Gasteiger partial charge in [-0.25, -0.2) is 0 Å². The number of hydrogen-bond donors (Lipinski definition) is 1. The lowest BCUT2D eigenvalue weighted by atomic mass is 10.1. The second-order valence-electron chi connectivity index (χ2n) is 12.9. The zero-order valence-corrected chi connectivity index (χ0v) is 31.9. The van der Waals surface area contributed by atoms with Gasteiger partial charge in [-0.2, -0.15) is 0 Å². The normalized spacial score (nSPS) is 13.3. The van der Waals surface area contributed by atoms with Crippen LogP contribution >= 0.6 is 0 Å². The Morgan fingerprint density at radius 1 is 0.490 bits per heavy atom.